The van der Waals surface area contributed by atoms with Gasteiger partial charge in [0.25, 0.3) is 0 Å². The standard InChI is InChI=1S/C16H25NO/c1-11(10-18)12(2)17-15-14-8-6-5-7-13(14)9-16(15,3)4/h5-8,11-12,15,17-18H,9-10H2,1-4H3. The topological polar surface area (TPSA) is 32.3 Å². The predicted octanol–water partition coefficient (Wildman–Crippen LogP) is 2.92. The molecule has 0 heterocycles. The molecule has 2 N–H and O–H groups in total. The number of aliphatic hydroxyl groups is 1. The van der Waals surface area contributed by atoms with E-state index in [0.29, 0.717) is 12.1 Å². The van der Waals surface area contributed by atoms with E-state index in [1.54, 1.807) is 0 Å². The third kappa shape index (κ3) is 2.45. The highest BCUT2D eigenvalue weighted by molar-refractivity contribution is 5.37. The van der Waals surface area contributed by atoms with Gasteiger partial charge in [-0.25, -0.2) is 0 Å². The van der Waals surface area contributed by atoms with Gasteiger partial charge >= 0.3 is 0 Å². The molecule has 0 saturated heterocycles. The van der Waals surface area contributed by atoms with Crippen LogP contribution in [0.1, 0.15) is 44.9 Å². The monoisotopic (exact) mass is 247 g/mol. The van der Waals surface area contributed by atoms with Gasteiger partial charge in [0, 0.05) is 18.7 Å². The van der Waals surface area contributed by atoms with Crippen LogP contribution >= 0.6 is 0 Å². The van der Waals surface area contributed by atoms with Crippen molar-refractivity contribution >= 4 is 0 Å². The molecule has 3 unspecified atom stereocenters. The van der Waals surface area contributed by atoms with Crippen LogP contribution in [-0.2, 0) is 6.42 Å². The van der Waals surface area contributed by atoms with E-state index in [2.05, 4.69) is 57.3 Å². The van der Waals surface area contributed by atoms with Gasteiger partial charge in [-0.2, -0.15) is 0 Å². The van der Waals surface area contributed by atoms with Crippen LogP contribution in [0.25, 0.3) is 0 Å². The minimum absolute atomic E-state index is 0.239. The van der Waals surface area contributed by atoms with Crippen molar-refractivity contribution in [3.63, 3.8) is 0 Å². The number of aliphatic hydroxyl groups excluding tert-OH is 1. The van der Waals surface area contributed by atoms with E-state index in [-0.39, 0.29) is 17.9 Å². The molecule has 0 aromatic heterocycles. The van der Waals surface area contributed by atoms with Crippen molar-refractivity contribution in [2.45, 2.75) is 46.2 Å². The maximum absolute atomic E-state index is 9.26. The number of hydrogen-bond acceptors (Lipinski definition) is 2. The van der Waals surface area contributed by atoms with Crippen molar-refractivity contribution < 1.29 is 5.11 Å². The Labute approximate surface area is 110 Å². The smallest absolute Gasteiger partial charge is 0.0471 e. The molecule has 1 aliphatic rings. The summed E-state index contributed by atoms with van der Waals surface area (Å²) in [4.78, 5) is 0. The number of fused-ring (bicyclic) bond motifs is 1. The SMILES string of the molecule is CC(CO)C(C)NC1c2ccccc2CC1(C)C. The summed E-state index contributed by atoms with van der Waals surface area (Å²) in [5, 5.41) is 13.0. The highest BCUT2D eigenvalue weighted by atomic mass is 16.3. The lowest BCUT2D eigenvalue weighted by Crippen LogP contribution is -2.41. The minimum Gasteiger partial charge on any atom is -0.396 e. The van der Waals surface area contributed by atoms with Crippen molar-refractivity contribution in [3.8, 4) is 0 Å². The Morgan fingerprint density at radius 2 is 2.00 bits per heavy atom. The summed E-state index contributed by atoms with van der Waals surface area (Å²) in [6, 6.07) is 9.42. The molecule has 1 aliphatic carbocycles. The summed E-state index contributed by atoms with van der Waals surface area (Å²) < 4.78 is 0. The van der Waals surface area contributed by atoms with Gasteiger partial charge in [-0.1, -0.05) is 45.0 Å². The Morgan fingerprint density at radius 3 is 2.67 bits per heavy atom. The number of nitrogens with one attached hydrogen (secondary N) is 1. The molecule has 2 heteroatoms. The molecule has 0 aliphatic heterocycles. The minimum atomic E-state index is 0.239. The lowest BCUT2D eigenvalue weighted by molar-refractivity contribution is 0.176. The van der Waals surface area contributed by atoms with Crippen molar-refractivity contribution in [1.29, 1.82) is 0 Å². The Morgan fingerprint density at radius 1 is 1.33 bits per heavy atom. The zero-order valence-electron chi connectivity index (χ0n) is 11.9. The molecule has 1 aromatic rings. The second-order valence-corrected chi connectivity index (χ2v) is 6.41. The first-order valence-electron chi connectivity index (χ1n) is 6.90. The average Bonchev–Trinajstić information content (AvgIpc) is 2.59. The molecule has 0 fully saturated rings. The molecule has 2 nitrogen and oxygen atoms in total. The van der Waals surface area contributed by atoms with E-state index >= 15 is 0 Å². The van der Waals surface area contributed by atoms with Gasteiger partial charge < -0.3 is 10.4 Å². The molecule has 0 bridgehead atoms. The summed E-state index contributed by atoms with van der Waals surface area (Å²) in [6.07, 6.45) is 1.13. The van der Waals surface area contributed by atoms with Crippen LogP contribution in [0.2, 0.25) is 0 Å². The second kappa shape index (κ2) is 5.02. The van der Waals surface area contributed by atoms with E-state index in [1.807, 2.05) is 0 Å². The molecule has 0 radical (unpaired) electrons. The van der Waals surface area contributed by atoms with Crippen LogP contribution < -0.4 is 5.32 Å². The van der Waals surface area contributed by atoms with Crippen molar-refractivity contribution in [2.75, 3.05) is 6.61 Å². The lowest BCUT2D eigenvalue weighted by atomic mass is 9.84. The zero-order valence-corrected chi connectivity index (χ0v) is 11.9. The fraction of sp³-hybridized carbons (Fsp3) is 0.625. The fourth-order valence-electron chi connectivity index (χ4n) is 2.89. The first-order valence-corrected chi connectivity index (χ1v) is 6.90. The van der Waals surface area contributed by atoms with Gasteiger partial charge in [0.05, 0.1) is 0 Å². The van der Waals surface area contributed by atoms with Crippen LogP contribution in [-0.4, -0.2) is 17.8 Å². The summed E-state index contributed by atoms with van der Waals surface area (Å²) >= 11 is 0. The summed E-state index contributed by atoms with van der Waals surface area (Å²) in [5.41, 5.74) is 3.14. The number of rotatable bonds is 4. The van der Waals surface area contributed by atoms with Gasteiger partial charge in [-0.15, -0.1) is 0 Å². The normalized spacial score (nSPS) is 24.6. The van der Waals surface area contributed by atoms with Crippen molar-refractivity contribution in [2.24, 2.45) is 11.3 Å². The van der Waals surface area contributed by atoms with Gasteiger partial charge in [-0.3, -0.25) is 0 Å². The van der Waals surface area contributed by atoms with E-state index in [1.165, 1.54) is 11.1 Å². The quantitative estimate of drug-likeness (QED) is 0.857. The fourth-order valence-corrected chi connectivity index (χ4v) is 2.89. The predicted molar refractivity (Wildman–Crippen MR) is 75.5 cm³/mol. The van der Waals surface area contributed by atoms with Crippen LogP contribution in [0.4, 0.5) is 0 Å². The molecule has 2 rings (SSSR count). The van der Waals surface area contributed by atoms with E-state index in [0.717, 1.165) is 6.42 Å². The molecular formula is C16H25NO. The van der Waals surface area contributed by atoms with Crippen LogP contribution in [0.3, 0.4) is 0 Å². The highest BCUT2D eigenvalue weighted by Gasteiger charge is 2.39. The molecule has 18 heavy (non-hydrogen) atoms. The van der Waals surface area contributed by atoms with Gasteiger partial charge in [-0.05, 0) is 35.8 Å². The second-order valence-electron chi connectivity index (χ2n) is 6.41. The van der Waals surface area contributed by atoms with Crippen molar-refractivity contribution in [3.05, 3.63) is 35.4 Å². The molecule has 0 saturated carbocycles. The Kier molecular flexibility index (Phi) is 3.79. The van der Waals surface area contributed by atoms with Crippen LogP contribution in [0.5, 0.6) is 0 Å². The maximum atomic E-state index is 9.26. The number of benzene rings is 1. The van der Waals surface area contributed by atoms with Crippen LogP contribution in [0.15, 0.2) is 24.3 Å². The molecule has 100 valence electrons. The van der Waals surface area contributed by atoms with Crippen molar-refractivity contribution in [1.82, 2.24) is 5.32 Å². The Balaban J connectivity index is 2.21. The summed E-state index contributed by atoms with van der Waals surface area (Å²) in [7, 11) is 0. The molecule has 3 atom stereocenters. The maximum Gasteiger partial charge on any atom is 0.0471 e. The molecule has 1 aromatic carbocycles. The van der Waals surface area contributed by atoms with E-state index < -0.39 is 0 Å². The van der Waals surface area contributed by atoms with Crippen LogP contribution in [0, 0.1) is 11.3 Å². The third-order valence-corrected chi connectivity index (χ3v) is 4.36. The molecule has 0 spiro atoms. The Hall–Kier alpha value is -0.860. The Bertz CT molecular complexity index is 413. The van der Waals surface area contributed by atoms with Gasteiger partial charge in [0.1, 0.15) is 0 Å². The van der Waals surface area contributed by atoms with Gasteiger partial charge in [0.2, 0.25) is 0 Å². The highest BCUT2D eigenvalue weighted by Crippen LogP contribution is 2.45. The largest absolute Gasteiger partial charge is 0.396 e. The molecular weight excluding hydrogens is 222 g/mol. The first-order chi connectivity index (χ1) is 8.45. The summed E-state index contributed by atoms with van der Waals surface area (Å²) in [5.74, 6) is 0.286. The zero-order chi connectivity index (χ0) is 13.3. The lowest BCUT2D eigenvalue weighted by Gasteiger charge is -2.33. The number of hydrogen-bond donors (Lipinski definition) is 2. The van der Waals surface area contributed by atoms with E-state index in [9.17, 15) is 5.11 Å². The summed E-state index contributed by atoms with van der Waals surface area (Å²) in [6.45, 7) is 9.13. The van der Waals surface area contributed by atoms with Gasteiger partial charge in [0.15, 0.2) is 0 Å². The average molecular weight is 247 g/mol. The third-order valence-electron chi connectivity index (χ3n) is 4.36. The first kappa shape index (κ1) is 13.6. The molecule has 0 amide bonds. The van der Waals surface area contributed by atoms with E-state index in [4.69, 9.17) is 0 Å².